The summed E-state index contributed by atoms with van der Waals surface area (Å²) >= 11 is 0. The average molecular weight is 611 g/mol. The second-order valence-corrected chi connectivity index (χ2v) is 11.9. The van der Waals surface area contributed by atoms with Crippen molar-refractivity contribution in [3.8, 4) is 39.7 Å². The molecule has 2 heterocycles. The summed E-state index contributed by atoms with van der Waals surface area (Å²) in [6, 6.07) is 56.7. The maximum absolute atomic E-state index is 10.4. The molecule has 0 aliphatic rings. The van der Waals surface area contributed by atoms with Crippen molar-refractivity contribution in [3.05, 3.63) is 175 Å². The number of hydrogen-bond acceptors (Lipinski definition) is 1. The van der Waals surface area contributed by atoms with Crippen LogP contribution in [0, 0.1) is 17.9 Å². The van der Waals surface area contributed by atoms with E-state index in [2.05, 4.69) is 147 Å². The molecule has 0 unspecified atom stereocenters. The largest absolute Gasteiger partial charge is 0.309 e. The van der Waals surface area contributed by atoms with Gasteiger partial charge >= 0.3 is 0 Å². The van der Waals surface area contributed by atoms with Crippen molar-refractivity contribution in [2.24, 2.45) is 0 Å². The number of fused-ring (bicyclic) bond motifs is 6. The van der Waals surface area contributed by atoms with Crippen LogP contribution in [0.1, 0.15) is 5.56 Å². The lowest BCUT2D eigenvalue weighted by Crippen LogP contribution is -1.95. The molecule has 4 nitrogen and oxygen atoms in total. The van der Waals surface area contributed by atoms with Crippen molar-refractivity contribution in [1.82, 2.24) is 9.13 Å². The minimum Gasteiger partial charge on any atom is -0.309 e. The lowest BCUT2D eigenvalue weighted by molar-refractivity contribution is 1.18. The van der Waals surface area contributed by atoms with E-state index in [9.17, 15) is 5.26 Å². The van der Waals surface area contributed by atoms with E-state index in [-0.39, 0.29) is 0 Å². The molecule has 9 aromatic rings. The Bertz CT molecular complexity index is 2790. The average Bonchev–Trinajstić information content (AvgIpc) is 3.67. The minimum atomic E-state index is 0.500. The van der Waals surface area contributed by atoms with E-state index in [0.29, 0.717) is 11.3 Å². The third-order valence-corrected chi connectivity index (χ3v) is 9.37. The first-order valence-electron chi connectivity index (χ1n) is 15.9. The van der Waals surface area contributed by atoms with Gasteiger partial charge in [0.05, 0.1) is 40.3 Å². The smallest absolute Gasteiger partial charge is 0.187 e. The summed E-state index contributed by atoms with van der Waals surface area (Å²) < 4.78 is 4.61. The summed E-state index contributed by atoms with van der Waals surface area (Å²) in [6.07, 6.45) is 0. The molecule has 7 aromatic carbocycles. The van der Waals surface area contributed by atoms with Gasteiger partial charge in [-0.3, -0.25) is 0 Å². The van der Waals surface area contributed by atoms with E-state index in [0.717, 1.165) is 71.9 Å². The number of nitrogens with zero attached hydrogens (tertiary/aromatic N) is 4. The van der Waals surface area contributed by atoms with Crippen LogP contribution in [0.25, 0.3) is 82.1 Å². The normalized spacial score (nSPS) is 11.3. The van der Waals surface area contributed by atoms with E-state index < -0.39 is 0 Å². The van der Waals surface area contributed by atoms with E-state index >= 15 is 0 Å². The number of hydrogen-bond donors (Lipinski definition) is 0. The zero-order chi connectivity index (χ0) is 32.2. The van der Waals surface area contributed by atoms with Gasteiger partial charge in [0.15, 0.2) is 5.69 Å². The molecule has 0 spiro atoms. The van der Waals surface area contributed by atoms with Crippen molar-refractivity contribution in [2.75, 3.05) is 0 Å². The summed E-state index contributed by atoms with van der Waals surface area (Å²) in [5.74, 6) is 0. The Morgan fingerprint density at radius 1 is 0.500 bits per heavy atom. The van der Waals surface area contributed by atoms with Gasteiger partial charge in [-0.15, -0.1) is 0 Å². The quantitative estimate of drug-likeness (QED) is 0.183. The lowest BCUT2D eigenvalue weighted by Gasteiger charge is -2.16. The molecule has 0 atom stereocenters. The monoisotopic (exact) mass is 610 g/mol. The maximum atomic E-state index is 10.4. The Morgan fingerprint density at radius 2 is 1.08 bits per heavy atom. The summed E-state index contributed by atoms with van der Waals surface area (Å²) in [6.45, 7) is 7.83. The van der Waals surface area contributed by atoms with Gasteiger partial charge in [0.1, 0.15) is 0 Å². The molecule has 9 rings (SSSR count). The zero-order valence-electron chi connectivity index (χ0n) is 25.8. The SMILES string of the molecule is [C-]#[N+]c1ccc(C#N)c(-c2c(-c3ccc4c(c3)c3ccccc3n4-c3ccccc3)ccc3c2c2ccccc2n3-c2ccccc2)c1. The second kappa shape index (κ2) is 10.9. The first kappa shape index (κ1) is 27.4. The van der Waals surface area contributed by atoms with Gasteiger partial charge in [-0.05, 0) is 82.9 Å². The topological polar surface area (TPSA) is 38.0 Å². The predicted molar refractivity (Wildman–Crippen MR) is 197 cm³/mol. The van der Waals surface area contributed by atoms with Crippen LogP contribution in [0.3, 0.4) is 0 Å². The van der Waals surface area contributed by atoms with Crippen LogP contribution in [-0.4, -0.2) is 9.13 Å². The van der Waals surface area contributed by atoms with Gasteiger partial charge in [-0.25, -0.2) is 4.85 Å². The molecule has 0 saturated carbocycles. The third kappa shape index (κ3) is 4.07. The maximum Gasteiger partial charge on any atom is 0.187 e. The molecule has 0 radical (unpaired) electrons. The molecule has 4 heteroatoms. The summed E-state index contributed by atoms with van der Waals surface area (Å²) in [7, 11) is 0. The molecule has 2 aromatic heterocycles. The summed E-state index contributed by atoms with van der Waals surface area (Å²) in [4.78, 5) is 3.77. The number of benzene rings is 7. The molecule has 0 amide bonds. The van der Waals surface area contributed by atoms with E-state index in [1.54, 1.807) is 12.1 Å². The van der Waals surface area contributed by atoms with Crippen molar-refractivity contribution < 1.29 is 0 Å². The van der Waals surface area contributed by atoms with Crippen LogP contribution in [0.4, 0.5) is 5.69 Å². The molecule has 48 heavy (non-hydrogen) atoms. The van der Waals surface area contributed by atoms with Crippen molar-refractivity contribution in [2.45, 2.75) is 0 Å². The highest BCUT2D eigenvalue weighted by atomic mass is 15.0. The molecule has 0 aliphatic carbocycles. The van der Waals surface area contributed by atoms with E-state index in [4.69, 9.17) is 6.57 Å². The number of nitriles is 1. The Hall–Kier alpha value is -6.88. The molecule has 0 aliphatic heterocycles. The van der Waals surface area contributed by atoms with Gasteiger partial charge in [-0.2, -0.15) is 5.26 Å². The van der Waals surface area contributed by atoms with Gasteiger partial charge in [-0.1, -0.05) is 97.1 Å². The Kier molecular flexibility index (Phi) is 6.22. The Labute approximate surface area is 277 Å². The Balaban J connectivity index is 1.42. The van der Waals surface area contributed by atoms with Crippen LogP contribution in [0.2, 0.25) is 0 Å². The highest BCUT2D eigenvalue weighted by molar-refractivity contribution is 6.20. The molecular formula is C44H26N4. The highest BCUT2D eigenvalue weighted by Gasteiger charge is 2.22. The fourth-order valence-corrected chi connectivity index (χ4v) is 7.34. The van der Waals surface area contributed by atoms with Crippen LogP contribution in [0.5, 0.6) is 0 Å². The van der Waals surface area contributed by atoms with Gasteiger partial charge in [0.2, 0.25) is 0 Å². The van der Waals surface area contributed by atoms with Crippen molar-refractivity contribution in [1.29, 1.82) is 5.26 Å². The molecule has 0 saturated heterocycles. The van der Waals surface area contributed by atoms with Crippen LogP contribution >= 0.6 is 0 Å². The summed E-state index contributed by atoms with van der Waals surface area (Å²) in [5.41, 5.74) is 11.4. The highest BCUT2D eigenvalue weighted by Crippen LogP contribution is 2.46. The number of rotatable bonds is 4. The molecule has 0 N–H and O–H groups in total. The molecule has 0 fully saturated rings. The van der Waals surface area contributed by atoms with Crippen molar-refractivity contribution in [3.63, 3.8) is 0 Å². The molecular weight excluding hydrogens is 585 g/mol. The second-order valence-electron chi connectivity index (χ2n) is 11.9. The van der Waals surface area contributed by atoms with Crippen LogP contribution in [0.15, 0.2) is 158 Å². The number of para-hydroxylation sites is 4. The third-order valence-electron chi connectivity index (χ3n) is 9.37. The summed E-state index contributed by atoms with van der Waals surface area (Å²) in [5, 5.41) is 14.9. The van der Waals surface area contributed by atoms with E-state index in [1.165, 1.54) is 5.39 Å². The van der Waals surface area contributed by atoms with Gasteiger partial charge in [0.25, 0.3) is 0 Å². The zero-order valence-corrected chi connectivity index (χ0v) is 25.8. The van der Waals surface area contributed by atoms with Gasteiger partial charge < -0.3 is 9.13 Å². The minimum absolute atomic E-state index is 0.500. The van der Waals surface area contributed by atoms with E-state index in [1.807, 2.05) is 18.2 Å². The standard InChI is InChI=1S/C44H26N4/c1-46-31-22-20-30(28-45)37(27-31)43-34(23-25-42-44(43)36-17-9-11-19-40(36)48(42)33-14-6-3-7-15-33)29-21-24-41-38(26-29)35-16-8-10-18-39(35)47(41)32-12-4-2-5-13-32/h2-27H. The Morgan fingerprint density at radius 3 is 1.77 bits per heavy atom. The molecule has 0 bridgehead atoms. The van der Waals surface area contributed by atoms with Crippen molar-refractivity contribution >= 4 is 49.3 Å². The first-order chi connectivity index (χ1) is 23.7. The number of aromatic nitrogens is 2. The first-order valence-corrected chi connectivity index (χ1v) is 15.9. The van der Waals surface area contributed by atoms with Crippen LogP contribution in [-0.2, 0) is 0 Å². The lowest BCUT2D eigenvalue weighted by atomic mass is 9.88. The fraction of sp³-hybridized carbons (Fsp3) is 0. The van der Waals surface area contributed by atoms with Crippen LogP contribution < -0.4 is 0 Å². The van der Waals surface area contributed by atoms with Gasteiger partial charge in [0, 0.05) is 32.9 Å². The molecule has 222 valence electrons. The fourth-order valence-electron chi connectivity index (χ4n) is 7.34. The predicted octanol–water partition coefficient (Wildman–Crippen LogP) is 11.6.